The van der Waals surface area contributed by atoms with E-state index in [0.29, 0.717) is 13.0 Å². The maximum absolute atomic E-state index is 10.6. The predicted octanol–water partition coefficient (Wildman–Crippen LogP) is 4.92. The average molecular weight is 416 g/mol. The zero-order valence-corrected chi connectivity index (χ0v) is 21.0. The predicted molar refractivity (Wildman–Crippen MR) is 116 cm³/mol. The highest BCUT2D eigenvalue weighted by Gasteiger charge is 2.53. The molecule has 2 aliphatic rings. The first kappa shape index (κ1) is 23.1. The van der Waals surface area contributed by atoms with E-state index in [0.717, 1.165) is 12.1 Å². The lowest BCUT2D eigenvalue weighted by atomic mass is 9.98. The number of oxime groups is 1. The van der Waals surface area contributed by atoms with Gasteiger partial charge in [0.05, 0.1) is 11.8 Å². The van der Waals surface area contributed by atoms with Crippen LogP contribution in [0.2, 0.25) is 36.3 Å². The second-order valence-electron chi connectivity index (χ2n) is 11.3. The summed E-state index contributed by atoms with van der Waals surface area (Å²) < 4.78 is 12.8. The lowest BCUT2D eigenvalue weighted by Gasteiger charge is -2.39. The monoisotopic (exact) mass is 415 g/mol. The van der Waals surface area contributed by atoms with Gasteiger partial charge in [-0.25, -0.2) is 0 Å². The van der Waals surface area contributed by atoms with Crippen LogP contribution in [-0.4, -0.2) is 52.4 Å². The van der Waals surface area contributed by atoms with Crippen LogP contribution in [-0.2, 0) is 13.7 Å². The van der Waals surface area contributed by atoms with Crippen LogP contribution in [0, 0.1) is 5.92 Å². The molecule has 0 unspecified atom stereocenters. The molecule has 1 aliphatic heterocycles. The largest absolute Gasteiger partial charge is 0.416 e. The summed E-state index contributed by atoms with van der Waals surface area (Å²) in [5.74, 6) is 0.151. The second-order valence-corrected chi connectivity index (χ2v) is 20.8. The molecule has 0 aromatic heterocycles. The third-order valence-corrected chi connectivity index (χ3v) is 16.2. The first-order valence-corrected chi connectivity index (χ1v) is 16.1. The SMILES string of the molecule is CC(C)(C)[Si](C)(C)OCCC1=NO[C@H]2[C@@H](O[Si](C)(C)C(C)(C)C)[C@@H](O)C[C@@H]12. The van der Waals surface area contributed by atoms with E-state index in [2.05, 4.69) is 72.9 Å². The zero-order valence-electron chi connectivity index (χ0n) is 19.0. The van der Waals surface area contributed by atoms with Gasteiger partial charge in [-0.15, -0.1) is 0 Å². The summed E-state index contributed by atoms with van der Waals surface area (Å²) in [5, 5.41) is 15.3. The van der Waals surface area contributed by atoms with Crippen molar-refractivity contribution in [3.63, 3.8) is 0 Å². The Labute approximate surface area is 168 Å². The molecule has 0 saturated heterocycles. The van der Waals surface area contributed by atoms with E-state index in [1.165, 1.54) is 0 Å². The molecule has 0 aromatic carbocycles. The van der Waals surface area contributed by atoms with Crippen LogP contribution < -0.4 is 0 Å². The summed E-state index contributed by atoms with van der Waals surface area (Å²) >= 11 is 0. The zero-order chi connectivity index (χ0) is 20.8. The molecule has 2 rings (SSSR count). The van der Waals surface area contributed by atoms with Gasteiger partial charge < -0.3 is 18.8 Å². The molecule has 158 valence electrons. The fourth-order valence-corrected chi connectivity index (χ4v) is 5.52. The summed E-state index contributed by atoms with van der Waals surface area (Å²) in [5.41, 5.74) is 1.03. The fourth-order valence-electron chi connectivity index (χ4n) is 3.15. The Morgan fingerprint density at radius 3 is 2.11 bits per heavy atom. The molecule has 0 bridgehead atoms. The van der Waals surface area contributed by atoms with E-state index in [-0.39, 0.29) is 28.2 Å². The van der Waals surface area contributed by atoms with Crippen molar-refractivity contribution >= 4 is 22.3 Å². The van der Waals surface area contributed by atoms with Gasteiger partial charge >= 0.3 is 0 Å². The summed E-state index contributed by atoms with van der Waals surface area (Å²) in [7, 11) is -3.73. The van der Waals surface area contributed by atoms with Gasteiger partial charge in [-0.2, -0.15) is 0 Å². The molecule has 5 nitrogen and oxygen atoms in total. The second kappa shape index (κ2) is 7.56. The Bertz CT molecular complexity index is 563. The Morgan fingerprint density at radius 1 is 1.04 bits per heavy atom. The third kappa shape index (κ3) is 4.86. The third-order valence-electron chi connectivity index (χ3n) is 7.18. The molecule has 1 saturated carbocycles. The molecule has 1 N–H and O–H groups in total. The van der Waals surface area contributed by atoms with Crippen LogP contribution in [0.15, 0.2) is 5.16 Å². The number of fused-ring (bicyclic) bond motifs is 1. The number of hydrogen-bond acceptors (Lipinski definition) is 5. The van der Waals surface area contributed by atoms with Crippen LogP contribution in [0.5, 0.6) is 0 Å². The van der Waals surface area contributed by atoms with E-state index in [4.69, 9.17) is 13.7 Å². The Balaban J connectivity index is 1.96. The Kier molecular flexibility index (Phi) is 6.45. The lowest BCUT2D eigenvalue weighted by molar-refractivity contribution is -0.0417. The molecule has 0 amide bonds. The molecule has 4 atom stereocenters. The van der Waals surface area contributed by atoms with Crippen molar-refractivity contribution in [3.05, 3.63) is 0 Å². The van der Waals surface area contributed by atoms with Crippen LogP contribution in [0.3, 0.4) is 0 Å². The minimum atomic E-state index is -1.97. The highest BCUT2D eigenvalue weighted by atomic mass is 28.4. The molecular formula is C20H41NO4Si2. The molecule has 0 spiro atoms. The number of aliphatic hydroxyl groups excluding tert-OH is 1. The molecule has 1 heterocycles. The van der Waals surface area contributed by atoms with E-state index in [9.17, 15) is 5.11 Å². The maximum Gasteiger partial charge on any atom is 0.192 e. The number of nitrogens with zero attached hydrogens (tertiary/aromatic N) is 1. The molecule has 0 radical (unpaired) electrons. The summed E-state index contributed by atoms with van der Waals surface area (Å²) in [6, 6.07) is 0. The first-order chi connectivity index (χ1) is 12.1. The molecule has 0 aromatic rings. The normalized spacial score (nSPS) is 29.5. The van der Waals surface area contributed by atoms with Gasteiger partial charge in [0.25, 0.3) is 0 Å². The van der Waals surface area contributed by atoms with Gasteiger partial charge in [0.15, 0.2) is 22.7 Å². The minimum Gasteiger partial charge on any atom is -0.416 e. The smallest absolute Gasteiger partial charge is 0.192 e. The van der Waals surface area contributed by atoms with Crippen LogP contribution >= 0.6 is 0 Å². The van der Waals surface area contributed by atoms with Crippen molar-refractivity contribution in [1.29, 1.82) is 0 Å². The highest BCUT2D eigenvalue weighted by Crippen LogP contribution is 2.43. The number of aliphatic hydroxyl groups is 1. The van der Waals surface area contributed by atoms with Gasteiger partial charge in [0.1, 0.15) is 6.10 Å². The van der Waals surface area contributed by atoms with Crippen LogP contribution in [0.1, 0.15) is 54.4 Å². The van der Waals surface area contributed by atoms with Gasteiger partial charge in [-0.05, 0) is 42.7 Å². The fraction of sp³-hybridized carbons (Fsp3) is 0.950. The van der Waals surface area contributed by atoms with E-state index >= 15 is 0 Å². The molecule has 1 aliphatic carbocycles. The van der Waals surface area contributed by atoms with Crippen molar-refractivity contribution in [2.75, 3.05) is 6.61 Å². The van der Waals surface area contributed by atoms with Gasteiger partial charge in [-0.3, -0.25) is 0 Å². The number of rotatable bonds is 6. The molecular weight excluding hydrogens is 374 g/mol. The topological polar surface area (TPSA) is 60.3 Å². The van der Waals surface area contributed by atoms with Gasteiger partial charge in [-0.1, -0.05) is 46.7 Å². The summed E-state index contributed by atoms with van der Waals surface area (Å²) in [6.07, 6.45) is 0.521. The summed E-state index contributed by atoms with van der Waals surface area (Å²) in [4.78, 5) is 5.76. The highest BCUT2D eigenvalue weighted by molar-refractivity contribution is 6.74. The van der Waals surface area contributed by atoms with E-state index < -0.39 is 22.7 Å². The Morgan fingerprint density at radius 2 is 1.59 bits per heavy atom. The Hall–Kier alpha value is -0.216. The summed E-state index contributed by atoms with van der Waals surface area (Å²) in [6.45, 7) is 23.1. The van der Waals surface area contributed by atoms with Crippen molar-refractivity contribution < 1.29 is 18.8 Å². The van der Waals surface area contributed by atoms with Crippen LogP contribution in [0.25, 0.3) is 0 Å². The molecule has 27 heavy (non-hydrogen) atoms. The average Bonchev–Trinajstić information content (AvgIpc) is 2.97. The van der Waals surface area contributed by atoms with Crippen molar-refractivity contribution in [2.24, 2.45) is 11.1 Å². The van der Waals surface area contributed by atoms with Crippen LogP contribution in [0.4, 0.5) is 0 Å². The number of hydrogen-bond donors (Lipinski definition) is 1. The first-order valence-electron chi connectivity index (χ1n) is 10.3. The lowest BCUT2D eigenvalue weighted by Crippen LogP contribution is -2.49. The molecule has 1 fully saturated rings. The van der Waals surface area contributed by atoms with E-state index in [1.807, 2.05) is 0 Å². The van der Waals surface area contributed by atoms with Gasteiger partial charge in [0.2, 0.25) is 0 Å². The minimum absolute atomic E-state index is 0.101. The molecule has 7 heteroatoms. The van der Waals surface area contributed by atoms with Gasteiger partial charge in [0, 0.05) is 18.9 Å². The standard InChI is InChI=1S/C20H41NO4Si2/c1-19(2,3)26(7,8)23-12-11-15-14-13-16(22)18(17(14)24-21-15)25-27(9,10)20(4,5)6/h14,16-18,22H,11-13H2,1-10H3/t14-,16-,17+,18-/m0/s1. The van der Waals surface area contributed by atoms with Crippen molar-refractivity contribution in [1.82, 2.24) is 0 Å². The van der Waals surface area contributed by atoms with Crippen molar-refractivity contribution in [3.8, 4) is 0 Å². The quantitative estimate of drug-likeness (QED) is 0.625. The maximum atomic E-state index is 10.6. The van der Waals surface area contributed by atoms with Crippen molar-refractivity contribution in [2.45, 2.75) is 109 Å². The van der Waals surface area contributed by atoms with E-state index in [1.54, 1.807) is 0 Å².